The number of nitrogens with zero attached hydrogens (tertiary/aromatic N) is 2. The number of ether oxygens (including phenoxy) is 2. The summed E-state index contributed by atoms with van der Waals surface area (Å²) in [7, 11) is 1.65. The van der Waals surface area contributed by atoms with Gasteiger partial charge in [0, 0.05) is 38.6 Å². The number of carbonyl (C=O) groups is 1. The largest absolute Gasteiger partial charge is 0.497 e. The summed E-state index contributed by atoms with van der Waals surface area (Å²) in [4.78, 5) is 16.4. The molecule has 3 rings (SSSR count). The van der Waals surface area contributed by atoms with Gasteiger partial charge in [-0.05, 0) is 24.1 Å². The summed E-state index contributed by atoms with van der Waals surface area (Å²) >= 11 is 0. The Kier molecular flexibility index (Phi) is 5.71. The Bertz CT molecular complexity index is 560. The molecule has 2 fully saturated rings. The average molecular weight is 334 g/mol. The molecule has 24 heavy (non-hydrogen) atoms. The van der Waals surface area contributed by atoms with Gasteiger partial charge in [0.05, 0.1) is 26.4 Å². The smallest absolute Gasteiger partial charge is 0.224 e. The summed E-state index contributed by atoms with van der Waals surface area (Å²) in [5.74, 6) is 0.988. The number of rotatable bonds is 5. The van der Waals surface area contributed by atoms with Crippen LogP contribution >= 0.6 is 0 Å². The van der Waals surface area contributed by atoms with E-state index >= 15 is 0 Å². The summed E-state index contributed by atoms with van der Waals surface area (Å²) in [5, 5.41) is 10.1. The van der Waals surface area contributed by atoms with Crippen LogP contribution in [0, 0.1) is 0 Å². The highest BCUT2D eigenvalue weighted by Gasteiger charge is 2.32. The van der Waals surface area contributed by atoms with Crippen LogP contribution < -0.4 is 4.74 Å². The summed E-state index contributed by atoms with van der Waals surface area (Å²) in [6.07, 6.45) is 0.825. The van der Waals surface area contributed by atoms with Gasteiger partial charge < -0.3 is 19.5 Å². The molecule has 2 saturated heterocycles. The first kappa shape index (κ1) is 17.2. The van der Waals surface area contributed by atoms with Gasteiger partial charge in [0.25, 0.3) is 0 Å². The maximum atomic E-state index is 12.3. The second-order valence-electron chi connectivity index (χ2n) is 6.42. The van der Waals surface area contributed by atoms with Crippen molar-refractivity contribution >= 4 is 5.91 Å². The van der Waals surface area contributed by atoms with Gasteiger partial charge in [-0.25, -0.2) is 0 Å². The van der Waals surface area contributed by atoms with E-state index < -0.39 is 0 Å². The molecule has 6 nitrogen and oxygen atoms in total. The highest BCUT2D eigenvalue weighted by molar-refractivity contribution is 5.76. The van der Waals surface area contributed by atoms with Crippen molar-refractivity contribution in [3.8, 4) is 5.75 Å². The van der Waals surface area contributed by atoms with Gasteiger partial charge in [0.2, 0.25) is 5.91 Å². The molecule has 2 heterocycles. The molecule has 0 bridgehead atoms. The predicted octanol–water partition coefficient (Wildman–Crippen LogP) is 1.05. The van der Waals surface area contributed by atoms with Crippen molar-refractivity contribution in [3.05, 3.63) is 29.8 Å². The maximum absolute atomic E-state index is 12.3. The molecule has 2 aliphatic heterocycles. The number of carbonyl (C=O) groups excluding carboxylic acids is 1. The van der Waals surface area contributed by atoms with Crippen LogP contribution in [0.1, 0.15) is 24.4 Å². The average Bonchev–Trinajstić information content (AvgIpc) is 3.01. The lowest BCUT2D eigenvalue weighted by Crippen LogP contribution is -2.42. The van der Waals surface area contributed by atoms with Gasteiger partial charge in [0.1, 0.15) is 5.75 Å². The molecule has 1 N–H and O–H groups in total. The van der Waals surface area contributed by atoms with E-state index in [1.54, 1.807) is 7.11 Å². The highest BCUT2D eigenvalue weighted by Crippen LogP contribution is 2.33. The van der Waals surface area contributed by atoms with E-state index in [2.05, 4.69) is 11.0 Å². The van der Waals surface area contributed by atoms with E-state index in [-0.39, 0.29) is 18.1 Å². The van der Waals surface area contributed by atoms with Crippen molar-refractivity contribution in [3.63, 3.8) is 0 Å². The molecule has 0 aliphatic carbocycles. The Hall–Kier alpha value is -1.63. The first-order valence-corrected chi connectivity index (χ1v) is 8.59. The first-order valence-electron chi connectivity index (χ1n) is 8.59. The first-order chi connectivity index (χ1) is 11.7. The zero-order chi connectivity index (χ0) is 16.9. The van der Waals surface area contributed by atoms with Gasteiger partial charge >= 0.3 is 0 Å². The van der Waals surface area contributed by atoms with Crippen molar-refractivity contribution in [2.75, 3.05) is 46.5 Å². The number of β-amino-alcohol motifs (C(OH)–C–C–N with tert-alkyl or cyclic N) is 1. The van der Waals surface area contributed by atoms with E-state index in [9.17, 15) is 9.90 Å². The number of likely N-dealkylation sites (tertiary alicyclic amines) is 1. The van der Waals surface area contributed by atoms with E-state index in [4.69, 9.17) is 9.47 Å². The molecule has 6 heteroatoms. The molecule has 132 valence electrons. The Balaban J connectivity index is 1.61. The van der Waals surface area contributed by atoms with Crippen LogP contribution in [0.5, 0.6) is 5.75 Å². The molecule has 1 aromatic rings. The molecular weight excluding hydrogens is 308 g/mol. The molecule has 2 atom stereocenters. The third-order valence-electron chi connectivity index (χ3n) is 4.84. The Morgan fingerprint density at radius 2 is 2.17 bits per heavy atom. The van der Waals surface area contributed by atoms with Gasteiger partial charge in [-0.1, -0.05) is 12.1 Å². The Morgan fingerprint density at radius 3 is 2.92 bits per heavy atom. The number of amides is 1. The summed E-state index contributed by atoms with van der Waals surface area (Å²) in [5.41, 5.74) is 1.13. The topological polar surface area (TPSA) is 62.2 Å². The van der Waals surface area contributed by atoms with Crippen molar-refractivity contribution < 1.29 is 19.4 Å². The fourth-order valence-electron chi connectivity index (χ4n) is 3.53. The minimum atomic E-state index is -0.348. The van der Waals surface area contributed by atoms with E-state index in [0.717, 1.165) is 11.3 Å². The van der Waals surface area contributed by atoms with Crippen LogP contribution in [0.15, 0.2) is 24.3 Å². The van der Waals surface area contributed by atoms with Gasteiger partial charge in [-0.15, -0.1) is 0 Å². The summed E-state index contributed by atoms with van der Waals surface area (Å²) in [6, 6.07) is 8.09. The van der Waals surface area contributed by atoms with Crippen LogP contribution in [0.4, 0.5) is 0 Å². The van der Waals surface area contributed by atoms with Gasteiger partial charge in [-0.2, -0.15) is 0 Å². The van der Waals surface area contributed by atoms with Crippen LogP contribution in [0.2, 0.25) is 0 Å². The van der Waals surface area contributed by atoms with Crippen LogP contribution in [-0.2, 0) is 9.53 Å². The normalized spacial score (nSPS) is 25.0. The quantitative estimate of drug-likeness (QED) is 0.872. The number of methoxy groups -OCH3 is 1. The molecular formula is C18H26N2O4. The van der Waals surface area contributed by atoms with Crippen molar-refractivity contribution in [1.29, 1.82) is 0 Å². The molecule has 1 amide bonds. The number of morpholine rings is 1. The van der Waals surface area contributed by atoms with Gasteiger partial charge in [0.15, 0.2) is 0 Å². The molecule has 0 radical (unpaired) electrons. The molecule has 1 aromatic carbocycles. The number of hydrogen-bond donors (Lipinski definition) is 1. The van der Waals surface area contributed by atoms with Gasteiger partial charge in [-0.3, -0.25) is 9.69 Å². The fraction of sp³-hybridized carbons (Fsp3) is 0.611. The van der Waals surface area contributed by atoms with E-state index in [1.165, 1.54) is 0 Å². The second kappa shape index (κ2) is 7.96. The lowest BCUT2D eigenvalue weighted by molar-refractivity contribution is -0.135. The summed E-state index contributed by atoms with van der Waals surface area (Å²) in [6.45, 7) is 3.89. The lowest BCUT2D eigenvalue weighted by Gasteiger charge is -2.29. The lowest BCUT2D eigenvalue weighted by atomic mass is 10.0. The summed E-state index contributed by atoms with van der Waals surface area (Å²) < 4.78 is 10.6. The van der Waals surface area contributed by atoms with Crippen molar-refractivity contribution in [1.82, 2.24) is 9.80 Å². The van der Waals surface area contributed by atoms with Crippen molar-refractivity contribution in [2.24, 2.45) is 0 Å². The molecule has 0 saturated carbocycles. The van der Waals surface area contributed by atoms with Crippen molar-refractivity contribution in [2.45, 2.75) is 25.0 Å². The second-order valence-corrected chi connectivity index (χ2v) is 6.42. The fourth-order valence-corrected chi connectivity index (χ4v) is 3.53. The minimum absolute atomic E-state index is 0.132. The highest BCUT2D eigenvalue weighted by atomic mass is 16.5. The number of benzene rings is 1. The predicted molar refractivity (Wildman–Crippen MR) is 89.9 cm³/mol. The monoisotopic (exact) mass is 334 g/mol. The Labute approximate surface area is 143 Å². The van der Waals surface area contributed by atoms with Crippen LogP contribution in [-0.4, -0.2) is 73.4 Å². The molecule has 2 aliphatic rings. The molecule has 0 aromatic heterocycles. The zero-order valence-electron chi connectivity index (χ0n) is 14.2. The molecule has 0 spiro atoms. The van der Waals surface area contributed by atoms with E-state index in [1.807, 2.05) is 23.1 Å². The number of hydrogen-bond acceptors (Lipinski definition) is 5. The number of aliphatic hydroxyl groups is 1. The Morgan fingerprint density at radius 1 is 1.38 bits per heavy atom. The van der Waals surface area contributed by atoms with E-state index in [0.29, 0.717) is 52.2 Å². The SMILES string of the molecule is COc1cccc([C@H]2C[C@@H](O)CN2CCC(=O)N2CCOCC2)c1. The third kappa shape index (κ3) is 4.06. The van der Waals surface area contributed by atoms with Crippen LogP contribution in [0.3, 0.4) is 0 Å². The standard InChI is InChI=1S/C18H26N2O4/c1-23-16-4-2-3-14(11-16)17-12-15(21)13-20(17)6-5-18(22)19-7-9-24-10-8-19/h2-4,11,15,17,21H,5-10,12-13H2,1H3/t15-,17-/m1/s1. The van der Waals surface area contributed by atoms with Crippen LogP contribution in [0.25, 0.3) is 0 Å². The number of aliphatic hydroxyl groups excluding tert-OH is 1. The minimum Gasteiger partial charge on any atom is -0.497 e. The molecule has 0 unspecified atom stereocenters. The maximum Gasteiger partial charge on any atom is 0.224 e. The third-order valence-corrected chi connectivity index (χ3v) is 4.84. The zero-order valence-corrected chi connectivity index (χ0v) is 14.2.